The van der Waals surface area contributed by atoms with Crippen molar-refractivity contribution in [1.29, 1.82) is 0 Å². The van der Waals surface area contributed by atoms with Gasteiger partial charge in [0.15, 0.2) is 0 Å². The molecule has 5 nitrogen and oxygen atoms in total. The molecule has 178 valence electrons. The maximum absolute atomic E-state index is 13.5. The van der Waals surface area contributed by atoms with Crippen molar-refractivity contribution in [3.05, 3.63) is 86.8 Å². The van der Waals surface area contributed by atoms with E-state index in [1.54, 1.807) is 0 Å². The fourth-order valence-corrected chi connectivity index (χ4v) is 5.24. The van der Waals surface area contributed by atoms with Crippen molar-refractivity contribution in [2.75, 3.05) is 11.4 Å². The van der Waals surface area contributed by atoms with Crippen LogP contribution in [0.25, 0.3) is 11.1 Å². The van der Waals surface area contributed by atoms with Gasteiger partial charge in [0.05, 0.1) is 0 Å². The Bertz CT molecular complexity index is 1220. The quantitative estimate of drug-likeness (QED) is 0.481. The summed E-state index contributed by atoms with van der Waals surface area (Å²) in [6, 6.07) is 16.9. The number of anilines is 1. The number of carbonyl (C=O) groups is 1. The van der Waals surface area contributed by atoms with Crippen LogP contribution in [0.3, 0.4) is 0 Å². The number of pyridine rings is 1. The highest BCUT2D eigenvalue weighted by Gasteiger charge is 2.25. The van der Waals surface area contributed by atoms with Gasteiger partial charge >= 0.3 is 0 Å². The molecule has 1 amide bonds. The third-order valence-corrected chi connectivity index (χ3v) is 7.07. The molecule has 4 rings (SSSR count). The molecule has 1 saturated carbocycles. The average Bonchev–Trinajstić information content (AvgIpc) is 3.35. The number of amides is 1. The summed E-state index contributed by atoms with van der Waals surface area (Å²) in [5, 5.41) is 3.01. The molecular weight excluding hydrogens is 422 g/mol. The van der Waals surface area contributed by atoms with E-state index in [-0.39, 0.29) is 18.0 Å². The predicted molar refractivity (Wildman–Crippen MR) is 140 cm³/mol. The molecule has 0 spiro atoms. The number of hydrogen-bond acceptors (Lipinski definition) is 3. The minimum Gasteiger partial charge on any atom is -0.369 e. The molecule has 1 aliphatic rings. The second-order valence-electron chi connectivity index (χ2n) is 9.38. The summed E-state index contributed by atoms with van der Waals surface area (Å²) >= 11 is 0. The van der Waals surface area contributed by atoms with Crippen LogP contribution in [0.15, 0.2) is 53.3 Å². The summed E-state index contributed by atoms with van der Waals surface area (Å²) in [6.45, 7) is 9.11. The highest BCUT2D eigenvalue weighted by Crippen LogP contribution is 2.35. The van der Waals surface area contributed by atoms with Crippen molar-refractivity contribution in [2.45, 2.75) is 66.0 Å². The largest absolute Gasteiger partial charge is 0.369 e. The van der Waals surface area contributed by atoms with E-state index in [1.165, 1.54) is 25.7 Å². The maximum atomic E-state index is 13.5. The highest BCUT2D eigenvalue weighted by molar-refractivity contribution is 5.99. The molecule has 0 bridgehead atoms. The number of H-pyrrole nitrogens is 1. The minimum absolute atomic E-state index is 0.147. The lowest BCUT2D eigenvalue weighted by molar-refractivity contribution is 0.0950. The Labute approximate surface area is 202 Å². The van der Waals surface area contributed by atoms with Gasteiger partial charge in [-0.15, -0.1) is 0 Å². The second-order valence-corrected chi connectivity index (χ2v) is 9.38. The number of aromatic amines is 1. The Balaban J connectivity index is 1.72. The van der Waals surface area contributed by atoms with E-state index in [1.807, 2.05) is 51.1 Å². The van der Waals surface area contributed by atoms with E-state index in [2.05, 4.69) is 40.3 Å². The summed E-state index contributed by atoms with van der Waals surface area (Å²) in [4.78, 5) is 31.2. The van der Waals surface area contributed by atoms with Crippen LogP contribution in [0, 0.1) is 20.8 Å². The Morgan fingerprint density at radius 3 is 2.38 bits per heavy atom. The summed E-state index contributed by atoms with van der Waals surface area (Å²) in [5.41, 5.74) is 7.05. The third-order valence-electron chi connectivity index (χ3n) is 7.07. The summed E-state index contributed by atoms with van der Waals surface area (Å²) in [6.07, 6.45) is 4.91. The first-order chi connectivity index (χ1) is 16.4. The van der Waals surface area contributed by atoms with Gasteiger partial charge in [-0.05, 0) is 81.0 Å². The zero-order chi connectivity index (χ0) is 24.2. The monoisotopic (exact) mass is 457 g/mol. The van der Waals surface area contributed by atoms with E-state index >= 15 is 0 Å². The lowest BCUT2D eigenvalue weighted by Gasteiger charge is -2.32. The molecule has 0 aliphatic heterocycles. The Hall–Kier alpha value is -3.34. The molecule has 1 aromatic heterocycles. The van der Waals surface area contributed by atoms with Gasteiger partial charge in [-0.3, -0.25) is 9.59 Å². The van der Waals surface area contributed by atoms with Gasteiger partial charge in [0.25, 0.3) is 11.5 Å². The first kappa shape index (κ1) is 23.8. The normalized spacial score (nSPS) is 13.8. The number of hydrogen-bond donors (Lipinski definition) is 2. The fourth-order valence-electron chi connectivity index (χ4n) is 5.24. The molecule has 1 heterocycles. The smallest absolute Gasteiger partial charge is 0.253 e. The average molecular weight is 458 g/mol. The topological polar surface area (TPSA) is 65.2 Å². The van der Waals surface area contributed by atoms with Crippen molar-refractivity contribution < 1.29 is 4.79 Å². The van der Waals surface area contributed by atoms with Crippen molar-refractivity contribution >= 4 is 11.6 Å². The lowest BCUT2D eigenvalue weighted by atomic mass is 9.96. The van der Waals surface area contributed by atoms with Crippen LogP contribution >= 0.6 is 0 Å². The number of carbonyl (C=O) groups excluding carboxylic acids is 1. The molecule has 2 aromatic carbocycles. The molecule has 34 heavy (non-hydrogen) atoms. The number of nitrogens with one attached hydrogen (secondary N) is 2. The van der Waals surface area contributed by atoms with Crippen LogP contribution in [-0.4, -0.2) is 23.5 Å². The maximum Gasteiger partial charge on any atom is 0.253 e. The van der Waals surface area contributed by atoms with Crippen LogP contribution < -0.4 is 15.8 Å². The van der Waals surface area contributed by atoms with E-state index in [4.69, 9.17) is 0 Å². The molecule has 0 unspecified atom stereocenters. The van der Waals surface area contributed by atoms with Gasteiger partial charge < -0.3 is 15.2 Å². The van der Waals surface area contributed by atoms with Gasteiger partial charge in [0.2, 0.25) is 0 Å². The van der Waals surface area contributed by atoms with Crippen molar-refractivity contribution in [3.8, 4) is 11.1 Å². The second kappa shape index (κ2) is 10.3. The lowest BCUT2D eigenvalue weighted by Crippen LogP contribution is -2.34. The number of rotatable bonds is 7. The molecule has 5 heteroatoms. The third kappa shape index (κ3) is 4.93. The molecule has 2 N–H and O–H groups in total. The number of aryl methyl sites for hydroxylation is 2. The molecule has 1 fully saturated rings. The molecule has 0 saturated heterocycles. The van der Waals surface area contributed by atoms with Gasteiger partial charge in [-0.1, -0.05) is 43.2 Å². The van der Waals surface area contributed by atoms with E-state index in [0.717, 1.165) is 40.2 Å². The standard InChI is InChI=1S/C29H35N3O2/c1-5-32(24-13-9-10-14-24)27-17-23(22-11-7-6-8-12-22)16-25(21(27)4)28(33)30-18-26-19(2)15-20(3)31-29(26)34/h6-8,11-12,15-17,24H,5,9-10,13-14,18H2,1-4H3,(H,30,33)(H,31,34). The van der Waals surface area contributed by atoms with E-state index < -0.39 is 0 Å². The van der Waals surface area contributed by atoms with E-state index in [0.29, 0.717) is 17.2 Å². The molecule has 0 radical (unpaired) electrons. The van der Waals surface area contributed by atoms with Crippen molar-refractivity contribution in [1.82, 2.24) is 10.3 Å². The minimum atomic E-state index is -0.154. The molecule has 0 atom stereocenters. The zero-order valence-electron chi connectivity index (χ0n) is 20.7. The molecule has 3 aromatic rings. The Kier molecular flexibility index (Phi) is 7.20. The van der Waals surface area contributed by atoms with Gasteiger partial charge in [0, 0.05) is 41.6 Å². The molecule has 1 aliphatic carbocycles. The fraction of sp³-hybridized carbons (Fsp3) is 0.379. The SMILES string of the molecule is CCN(c1cc(-c2ccccc2)cc(C(=O)NCc2c(C)cc(C)[nH]c2=O)c1C)C1CCCC1. The zero-order valence-corrected chi connectivity index (χ0v) is 20.7. The Morgan fingerprint density at radius 2 is 1.74 bits per heavy atom. The summed E-state index contributed by atoms with van der Waals surface area (Å²) in [7, 11) is 0. The van der Waals surface area contributed by atoms with Crippen molar-refractivity contribution in [2.24, 2.45) is 0 Å². The highest BCUT2D eigenvalue weighted by atomic mass is 16.1. The van der Waals surface area contributed by atoms with Gasteiger partial charge in [0.1, 0.15) is 0 Å². The number of nitrogens with zero attached hydrogens (tertiary/aromatic N) is 1. The Morgan fingerprint density at radius 1 is 1.03 bits per heavy atom. The molecular formula is C29H35N3O2. The van der Waals surface area contributed by atoms with Crippen LogP contribution in [0.5, 0.6) is 0 Å². The summed E-state index contributed by atoms with van der Waals surface area (Å²) < 4.78 is 0. The number of benzene rings is 2. The van der Waals surface area contributed by atoms with Crippen LogP contribution in [0.2, 0.25) is 0 Å². The predicted octanol–water partition coefficient (Wildman–Crippen LogP) is 5.67. The van der Waals surface area contributed by atoms with E-state index in [9.17, 15) is 9.59 Å². The van der Waals surface area contributed by atoms with Crippen molar-refractivity contribution in [3.63, 3.8) is 0 Å². The van der Waals surface area contributed by atoms with Gasteiger partial charge in [-0.25, -0.2) is 0 Å². The van der Waals surface area contributed by atoms with Crippen LogP contribution in [-0.2, 0) is 6.54 Å². The first-order valence-electron chi connectivity index (χ1n) is 12.3. The van der Waals surface area contributed by atoms with Crippen LogP contribution in [0.1, 0.15) is 65.3 Å². The number of aromatic nitrogens is 1. The first-order valence-corrected chi connectivity index (χ1v) is 12.3. The van der Waals surface area contributed by atoms with Crippen LogP contribution in [0.4, 0.5) is 5.69 Å². The van der Waals surface area contributed by atoms with Gasteiger partial charge in [-0.2, -0.15) is 0 Å². The summed E-state index contributed by atoms with van der Waals surface area (Å²) in [5.74, 6) is -0.154.